The molecule has 0 spiro atoms. The molecule has 0 aliphatic carbocycles. The molecule has 2 aromatic rings. The molecule has 1 heterocycles. The van der Waals surface area contributed by atoms with Gasteiger partial charge in [0.05, 0.1) is 9.82 Å². The van der Waals surface area contributed by atoms with Gasteiger partial charge in [0.1, 0.15) is 0 Å². The van der Waals surface area contributed by atoms with Crippen LogP contribution in [0.5, 0.6) is 0 Å². The summed E-state index contributed by atoms with van der Waals surface area (Å²) >= 11 is 0.384. The second-order valence-electron chi connectivity index (χ2n) is 6.35. The van der Waals surface area contributed by atoms with Crippen molar-refractivity contribution in [2.75, 3.05) is 26.2 Å². The number of piperazine rings is 1. The van der Waals surface area contributed by atoms with Crippen molar-refractivity contribution in [3.05, 3.63) is 64.2 Å². The number of alkyl halides is 2. The number of carbonyl (C=O) groups is 1. The van der Waals surface area contributed by atoms with Gasteiger partial charge < -0.3 is 4.90 Å². The molecule has 1 saturated heterocycles. The van der Waals surface area contributed by atoms with Crippen LogP contribution in [0.25, 0.3) is 0 Å². The lowest BCUT2D eigenvalue weighted by Gasteiger charge is -2.34. The fraction of sp³-hybridized carbons (Fsp3) is 0.278. The molecule has 0 N–H and O–H groups in total. The van der Waals surface area contributed by atoms with Crippen molar-refractivity contribution in [1.82, 2.24) is 9.21 Å². The third-order valence-electron chi connectivity index (χ3n) is 4.52. The Morgan fingerprint density at radius 3 is 2.27 bits per heavy atom. The Bertz CT molecular complexity index is 1040. The van der Waals surface area contributed by atoms with E-state index < -0.39 is 20.7 Å². The first-order valence-corrected chi connectivity index (χ1v) is 11.1. The van der Waals surface area contributed by atoms with Crippen molar-refractivity contribution in [2.24, 2.45) is 0 Å². The van der Waals surface area contributed by atoms with E-state index in [1.807, 2.05) is 0 Å². The molecule has 30 heavy (non-hydrogen) atoms. The number of nitro groups is 1. The number of nitro benzene ring substituents is 1. The highest BCUT2D eigenvalue weighted by atomic mass is 32.2. The van der Waals surface area contributed by atoms with E-state index in [-0.39, 0.29) is 42.7 Å². The molecule has 3 rings (SSSR count). The highest BCUT2D eigenvalue weighted by Crippen LogP contribution is 2.26. The fourth-order valence-corrected chi connectivity index (χ4v) is 4.96. The zero-order chi connectivity index (χ0) is 21.9. The van der Waals surface area contributed by atoms with Crippen molar-refractivity contribution < 1.29 is 26.9 Å². The number of sulfonamides is 1. The number of rotatable bonds is 6. The van der Waals surface area contributed by atoms with Crippen molar-refractivity contribution in [1.29, 1.82) is 0 Å². The molecule has 1 fully saturated rings. The minimum atomic E-state index is -3.93. The van der Waals surface area contributed by atoms with E-state index in [9.17, 15) is 32.1 Å². The van der Waals surface area contributed by atoms with Crippen molar-refractivity contribution in [3.63, 3.8) is 0 Å². The topological polar surface area (TPSA) is 101 Å². The molecule has 0 radical (unpaired) electrons. The average Bonchev–Trinajstić information content (AvgIpc) is 2.73. The predicted octanol–water partition coefficient (Wildman–Crippen LogP) is 3.06. The summed E-state index contributed by atoms with van der Waals surface area (Å²) in [6.07, 6.45) is 0. The van der Waals surface area contributed by atoms with Gasteiger partial charge in [0, 0.05) is 48.8 Å². The van der Waals surface area contributed by atoms with Crippen molar-refractivity contribution in [2.45, 2.75) is 15.5 Å². The number of halogens is 2. The number of non-ortho nitro benzene ring substituents is 1. The van der Waals surface area contributed by atoms with Crippen LogP contribution in [-0.4, -0.2) is 60.4 Å². The summed E-state index contributed by atoms with van der Waals surface area (Å²) in [4.78, 5) is 24.5. The van der Waals surface area contributed by atoms with Gasteiger partial charge in [-0.3, -0.25) is 14.9 Å². The smallest absolute Gasteiger partial charge is 0.288 e. The molecule has 0 aromatic heterocycles. The van der Waals surface area contributed by atoms with Crippen LogP contribution >= 0.6 is 11.8 Å². The molecule has 0 saturated carbocycles. The Kier molecular flexibility index (Phi) is 6.68. The lowest BCUT2D eigenvalue weighted by Crippen LogP contribution is -2.50. The van der Waals surface area contributed by atoms with Crippen LogP contribution in [0.2, 0.25) is 0 Å². The van der Waals surface area contributed by atoms with Gasteiger partial charge in [-0.2, -0.15) is 13.1 Å². The third kappa shape index (κ3) is 4.94. The van der Waals surface area contributed by atoms with E-state index in [0.29, 0.717) is 22.2 Å². The normalized spacial score (nSPS) is 15.4. The van der Waals surface area contributed by atoms with Gasteiger partial charge in [-0.25, -0.2) is 8.42 Å². The molecule has 0 unspecified atom stereocenters. The van der Waals surface area contributed by atoms with Gasteiger partial charge in [-0.1, -0.05) is 17.8 Å². The maximum atomic E-state index is 12.8. The quantitative estimate of drug-likeness (QED) is 0.375. The molecule has 1 aliphatic rings. The van der Waals surface area contributed by atoms with Crippen LogP contribution in [0.15, 0.2) is 58.3 Å². The van der Waals surface area contributed by atoms with E-state index in [1.54, 1.807) is 0 Å². The number of thioether (sulfide) groups is 1. The second kappa shape index (κ2) is 9.06. The molecule has 2 aromatic carbocycles. The molecule has 12 heteroatoms. The fourth-order valence-electron chi connectivity index (χ4n) is 3.00. The summed E-state index contributed by atoms with van der Waals surface area (Å²) in [7, 11) is -3.93. The monoisotopic (exact) mass is 457 g/mol. The Balaban J connectivity index is 1.66. The first-order chi connectivity index (χ1) is 14.2. The highest BCUT2D eigenvalue weighted by Gasteiger charge is 2.31. The molecule has 8 nitrogen and oxygen atoms in total. The number of benzene rings is 2. The first-order valence-electron chi connectivity index (χ1n) is 8.77. The zero-order valence-corrected chi connectivity index (χ0v) is 17.1. The molecule has 0 bridgehead atoms. The van der Waals surface area contributed by atoms with E-state index in [1.165, 1.54) is 51.7 Å². The van der Waals surface area contributed by atoms with Gasteiger partial charge in [0.2, 0.25) is 10.0 Å². The van der Waals surface area contributed by atoms with Crippen molar-refractivity contribution >= 4 is 33.4 Å². The number of carbonyl (C=O) groups excluding carboxylic acids is 1. The van der Waals surface area contributed by atoms with E-state index in [0.717, 1.165) is 6.07 Å². The molecule has 1 aliphatic heterocycles. The predicted molar refractivity (Wildman–Crippen MR) is 106 cm³/mol. The zero-order valence-electron chi connectivity index (χ0n) is 15.5. The second-order valence-corrected chi connectivity index (χ2v) is 9.36. The van der Waals surface area contributed by atoms with E-state index >= 15 is 0 Å². The molecule has 0 atom stereocenters. The summed E-state index contributed by atoms with van der Waals surface area (Å²) in [5.41, 5.74) is 0.00180. The molecular weight excluding hydrogens is 440 g/mol. The van der Waals surface area contributed by atoms with Crippen LogP contribution in [0.4, 0.5) is 14.5 Å². The summed E-state index contributed by atoms with van der Waals surface area (Å²) in [6.45, 7) is 0.354. The van der Waals surface area contributed by atoms with E-state index in [4.69, 9.17) is 0 Å². The Morgan fingerprint density at radius 1 is 1.07 bits per heavy atom. The standard InChI is InChI=1S/C18H17F2N3O5S2/c19-18(20)29-15-6-4-13(5-7-15)17(24)21-8-10-22(11-9-21)30(27,28)16-3-1-2-14(12-16)23(25)26/h1-7,12,18H,8-11H2. The third-order valence-corrected chi connectivity index (χ3v) is 7.14. The largest absolute Gasteiger partial charge is 0.336 e. The SMILES string of the molecule is O=C(c1ccc(SC(F)F)cc1)N1CCN(S(=O)(=O)c2cccc([N+](=O)[O-])c2)CC1. The number of hydrogen-bond acceptors (Lipinski definition) is 6. The first kappa shape index (κ1) is 22.1. The lowest BCUT2D eigenvalue weighted by molar-refractivity contribution is -0.385. The van der Waals surface area contributed by atoms with Crippen LogP contribution < -0.4 is 0 Å². The van der Waals surface area contributed by atoms with Crippen LogP contribution in [-0.2, 0) is 10.0 Å². The van der Waals surface area contributed by atoms with Gasteiger partial charge in [0.15, 0.2) is 0 Å². The minimum Gasteiger partial charge on any atom is -0.336 e. The number of nitrogens with zero attached hydrogens (tertiary/aromatic N) is 3. The Morgan fingerprint density at radius 2 is 1.70 bits per heavy atom. The summed E-state index contributed by atoms with van der Waals surface area (Å²) in [6, 6.07) is 10.6. The van der Waals surface area contributed by atoms with Gasteiger partial charge in [0.25, 0.3) is 17.4 Å². The van der Waals surface area contributed by atoms with Crippen LogP contribution in [0, 0.1) is 10.1 Å². The summed E-state index contributed by atoms with van der Waals surface area (Å²) < 4.78 is 51.5. The van der Waals surface area contributed by atoms with Crippen LogP contribution in [0.3, 0.4) is 0 Å². The maximum absolute atomic E-state index is 12.8. The van der Waals surface area contributed by atoms with Crippen LogP contribution in [0.1, 0.15) is 10.4 Å². The molecule has 1 amide bonds. The lowest BCUT2D eigenvalue weighted by atomic mass is 10.2. The highest BCUT2D eigenvalue weighted by molar-refractivity contribution is 7.99. The van der Waals surface area contributed by atoms with Gasteiger partial charge >= 0.3 is 0 Å². The number of hydrogen-bond donors (Lipinski definition) is 0. The molecule has 160 valence electrons. The Hall–Kier alpha value is -2.57. The van der Waals surface area contributed by atoms with Gasteiger partial charge in [-0.15, -0.1) is 0 Å². The molecular formula is C18H17F2N3O5S2. The van der Waals surface area contributed by atoms with Crippen molar-refractivity contribution in [3.8, 4) is 0 Å². The minimum absolute atomic E-state index is 0.0378. The average molecular weight is 457 g/mol. The summed E-state index contributed by atoms with van der Waals surface area (Å²) in [5.74, 6) is -2.87. The number of amides is 1. The summed E-state index contributed by atoms with van der Waals surface area (Å²) in [5, 5.41) is 10.9. The van der Waals surface area contributed by atoms with Gasteiger partial charge in [-0.05, 0) is 30.3 Å². The Labute approximate surface area is 175 Å². The maximum Gasteiger partial charge on any atom is 0.288 e. The van der Waals surface area contributed by atoms with E-state index in [2.05, 4.69) is 0 Å².